The van der Waals surface area contributed by atoms with Gasteiger partial charge in [-0.15, -0.1) is 0 Å². The second kappa shape index (κ2) is 13.0. The highest BCUT2D eigenvalue weighted by Crippen LogP contribution is 2.61. The molecule has 6 nitrogen and oxygen atoms in total. The number of aryl methyl sites for hydroxylation is 2. The first-order valence-corrected chi connectivity index (χ1v) is 17.2. The zero-order chi connectivity index (χ0) is 34.5. The first-order valence-electron chi connectivity index (χ1n) is 17.2. The summed E-state index contributed by atoms with van der Waals surface area (Å²) >= 11 is 0. The number of hydrogen-bond donors (Lipinski definition) is 0. The van der Waals surface area contributed by atoms with Crippen molar-refractivity contribution in [3.8, 4) is 56.4 Å². The first kappa shape index (κ1) is 32.2. The van der Waals surface area contributed by atoms with Gasteiger partial charge >= 0.3 is 0 Å². The van der Waals surface area contributed by atoms with Gasteiger partial charge in [-0.1, -0.05) is 72.8 Å². The van der Waals surface area contributed by atoms with Gasteiger partial charge in [0.25, 0.3) is 0 Å². The third kappa shape index (κ3) is 4.69. The van der Waals surface area contributed by atoms with Crippen molar-refractivity contribution in [3.05, 3.63) is 107 Å². The van der Waals surface area contributed by atoms with Crippen LogP contribution in [-0.2, 0) is 22.3 Å². The van der Waals surface area contributed by atoms with Crippen molar-refractivity contribution in [2.75, 3.05) is 42.7 Å². The lowest BCUT2D eigenvalue weighted by molar-refractivity contribution is 0.0954. The molecule has 2 atom stereocenters. The highest BCUT2D eigenvalue weighted by atomic mass is 16.5. The summed E-state index contributed by atoms with van der Waals surface area (Å²) < 4.78 is 38.3. The highest BCUT2D eigenvalue weighted by Gasteiger charge is 2.38. The Bertz CT molecular complexity index is 2080. The summed E-state index contributed by atoms with van der Waals surface area (Å²) in [6, 6.07) is 29.7. The van der Waals surface area contributed by atoms with E-state index in [9.17, 15) is 0 Å². The maximum absolute atomic E-state index is 6.65. The van der Waals surface area contributed by atoms with Crippen molar-refractivity contribution < 1.29 is 28.4 Å². The number of rotatable bonds is 9. The molecule has 0 heterocycles. The SMILES string of the molecule is COc1ccc2c3c(c(-c4ccccc4)c(-c4c(-c5ccccc5)c5c6c(ccc(OC)c6c4OC)CCC5OC)c(OC)c13)C(OC)CC2. The Morgan fingerprint density at radius 3 is 1.16 bits per heavy atom. The summed E-state index contributed by atoms with van der Waals surface area (Å²) in [6.07, 6.45) is 3.16. The topological polar surface area (TPSA) is 55.4 Å². The van der Waals surface area contributed by atoms with Gasteiger partial charge in [-0.2, -0.15) is 0 Å². The average Bonchev–Trinajstić information content (AvgIpc) is 3.18. The molecule has 2 aliphatic rings. The van der Waals surface area contributed by atoms with E-state index in [4.69, 9.17) is 28.4 Å². The molecule has 0 aromatic heterocycles. The summed E-state index contributed by atoms with van der Waals surface area (Å²) in [4.78, 5) is 0. The summed E-state index contributed by atoms with van der Waals surface area (Å²) in [5.74, 6) is 2.94. The molecule has 254 valence electrons. The summed E-state index contributed by atoms with van der Waals surface area (Å²) in [7, 11) is 10.6. The summed E-state index contributed by atoms with van der Waals surface area (Å²) in [5, 5.41) is 4.10. The maximum Gasteiger partial charge on any atom is 0.139 e. The minimum Gasteiger partial charge on any atom is -0.496 e. The lowest BCUT2D eigenvalue weighted by atomic mass is 9.74. The molecule has 50 heavy (non-hydrogen) atoms. The van der Waals surface area contributed by atoms with E-state index in [0.717, 1.165) is 115 Å². The van der Waals surface area contributed by atoms with Crippen molar-refractivity contribution in [2.45, 2.75) is 37.9 Å². The summed E-state index contributed by atoms with van der Waals surface area (Å²) in [6.45, 7) is 0. The number of ether oxygens (including phenoxy) is 6. The fraction of sp³-hybridized carbons (Fsp3) is 0.273. The van der Waals surface area contributed by atoms with E-state index in [1.54, 1.807) is 28.4 Å². The van der Waals surface area contributed by atoms with Crippen LogP contribution in [-0.4, -0.2) is 42.7 Å². The van der Waals surface area contributed by atoms with Gasteiger partial charge in [0.15, 0.2) is 0 Å². The van der Waals surface area contributed by atoms with Gasteiger partial charge in [0, 0.05) is 25.3 Å². The van der Waals surface area contributed by atoms with Crippen LogP contribution in [0.15, 0.2) is 84.9 Å². The van der Waals surface area contributed by atoms with Crippen molar-refractivity contribution in [1.82, 2.24) is 0 Å². The van der Waals surface area contributed by atoms with Crippen molar-refractivity contribution in [2.24, 2.45) is 0 Å². The Morgan fingerprint density at radius 1 is 0.420 bits per heavy atom. The molecule has 0 fully saturated rings. The normalized spacial score (nSPS) is 16.4. The smallest absolute Gasteiger partial charge is 0.139 e. The minimum atomic E-state index is -0.158. The van der Waals surface area contributed by atoms with E-state index >= 15 is 0 Å². The van der Waals surface area contributed by atoms with Crippen LogP contribution in [0.1, 0.15) is 47.3 Å². The molecular weight excluding hydrogens is 624 g/mol. The van der Waals surface area contributed by atoms with E-state index in [1.165, 1.54) is 11.1 Å². The molecule has 8 rings (SSSR count). The van der Waals surface area contributed by atoms with Crippen molar-refractivity contribution >= 4 is 21.5 Å². The molecule has 0 aliphatic heterocycles. The molecule has 2 unspecified atom stereocenters. The number of benzene rings is 6. The third-order valence-corrected chi connectivity index (χ3v) is 10.8. The standard InChI is InChI=1S/C44H42O6/c1-45-29-21-17-27-19-23-31(47-3)39-33(27)37(29)35(25-13-9-7-10-14-25)41(43(39)49-5)42-36(26-15-11-8-12-16-26)38-30(46-2)22-18-28-20-24-32(48-4)40(34(28)38)44(42)50-6/h7-16,19-20,23-24,29-30H,17-18,21-22H2,1-6H3. The van der Waals surface area contributed by atoms with Gasteiger partial charge in [0.05, 0.1) is 51.4 Å². The average molecular weight is 667 g/mol. The van der Waals surface area contributed by atoms with E-state index in [2.05, 4.69) is 84.9 Å². The van der Waals surface area contributed by atoms with Crippen LogP contribution in [0, 0.1) is 0 Å². The van der Waals surface area contributed by atoms with Crippen LogP contribution in [0.5, 0.6) is 23.0 Å². The largest absolute Gasteiger partial charge is 0.496 e. The third-order valence-electron chi connectivity index (χ3n) is 10.8. The molecule has 0 N–H and O–H groups in total. The lowest BCUT2D eigenvalue weighted by Gasteiger charge is -2.34. The van der Waals surface area contributed by atoms with E-state index in [0.29, 0.717) is 0 Å². The molecule has 0 bridgehead atoms. The van der Waals surface area contributed by atoms with Crippen LogP contribution in [0.3, 0.4) is 0 Å². The van der Waals surface area contributed by atoms with Gasteiger partial charge < -0.3 is 28.4 Å². The fourth-order valence-electron chi connectivity index (χ4n) is 8.74. The first-order chi connectivity index (χ1) is 24.6. The van der Waals surface area contributed by atoms with Crippen LogP contribution >= 0.6 is 0 Å². The maximum atomic E-state index is 6.65. The summed E-state index contributed by atoms with van der Waals surface area (Å²) in [5.41, 5.74) is 10.8. The molecule has 6 heteroatoms. The zero-order valence-corrected chi connectivity index (χ0v) is 29.5. The highest BCUT2D eigenvalue weighted by molar-refractivity contribution is 6.17. The van der Waals surface area contributed by atoms with Crippen molar-refractivity contribution in [1.29, 1.82) is 0 Å². The Labute approximate surface area is 293 Å². The monoisotopic (exact) mass is 666 g/mol. The molecule has 6 aromatic carbocycles. The second-order valence-electron chi connectivity index (χ2n) is 13.0. The quantitative estimate of drug-likeness (QED) is 0.153. The molecule has 0 spiro atoms. The van der Waals surface area contributed by atoms with E-state index in [1.807, 2.05) is 14.2 Å². The van der Waals surface area contributed by atoms with Crippen molar-refractivity contribution in [3.63, 3.8) is 0 Å². The number of hydrogen-bond acceptors (Lipinski definition) is 6. The Morgan fingerprint density at radius 2 is 0.820 bits per heavy atom. The molecule has 0 saturated heterocycles. The van der Waals surface area contributed by atoms with Gasteiger partial charge in [-0.25, -0.2) is 0 Å². The van der Waals surface area contributed by atoms with Crippen LogP contribution in [0.25, 0.3) is 54.9 Å². The second-order valence-corrected chi connectivity index (χ2v) is 13.0. The van der Waals surface area contributed by atoms with Crippen LogP contribution in [0.2, 0.25) is 0 Å². The molecule has 0 radical (unpaired) electrons. The molecule has 6 aromatic rings. The van der Waals surface area contributed by atoms with Crippen LogP contribution < -0.4 is 18.9 Å². The van der Waals surface area contributed by atoms with Gasteiger partial charge in [0.2, 0.25) is 0 Å². The van der Waals surface area contributed by atoms with Crippen LogP contribution in [0.4, 0.5) is 0 Å². The predicted octanol–water partition coefficient (Wildman–Crippen LogP) is 10.3. The van der Waals surface area contributed by atoms with Gasteiger partial charge in [0.1, 0.15) is 23.0 Å². The lowest BCUT2D eigenvalue weighted by Crippen LogP contribution is -2.16. The van der Waals surface area contributed by atoms with E-state index in [-0.39, 0.29) is 12.2 Å². The molecular formula is C44H42O6. The van der Waals surface area contributed by atoms with Gasteiger partial charge in [-0.3, -0.25) is 0 Å². The Kier molecular flexibility index (Phi) is 8.38. The van der Waals surface area contributed by atoms with E-state index < -0.39 is 0 Å². The Balaban J connectivity index is 1.73. The minimum absolute atomic E-state index is 0.158. The fourth-order valence-corrected chi connectivity index (χ4v) is 8.74. The molecule has 2 aliphatic carbocycles. The molecule has 0 amide bonds. The molecule has 0 saturated carbocycles. The predicted molar refractivity (Wildman–Crippen MR) is 200 cm³/mol. The zero-order valence-electron chi connectivity index (χ0n) is 29.5. The van der Waals surface area contributed by atoms with Gasteiger partial charge in [-0.05, 0) is 93.1 Å². The number of methoxy groups -OCH3 is 6. The Hall–Kier alpha value is -5.04.